The number of benzene rings is 1. The Morgan fingerprint density at radius 1 is 1.50 bits per heavy atom. The first-order valence-electron chi connectivity index (χ1n) is 6.51. The van der Waals surface area contributed by atoms with Gasteiger partial charge in [0.15, 0.2) is 0 Å². The van der Waals surface area contributed by atoms with Gasteiger partial charge in [0.05, 0.1) is 7.11 Å². The van der Waals surface area contributed by atoms with Crippen molar-refractivity contribution >= 4 is 5.69 Å². The molecular formula is C14H22N2O2. The summed E-state index contributed by atoms with van der Waals surface area (Å²) in [7, 11) is 1.67. The Hall–Kier alpha value is -1.26. The quantitative estimate of drug-likeness (QED) is 0.847. The standard InChI is InChI=1S/C14H22N2O2/c1-18-13-5-4-12(8-15)14(7-13)16-6-2-3-11(9-16)10-17/h4-5,7,11,17H,2-3,6,8-10,15H2,1H3. The van der Waals surface area contributed by atoms with Crippen molar-refractivity contribution in [2.24, 2.45) is 11.7 Å². The van der Waals surface area contributed by atoms with Gasteiger partial charge in [-0.15, -0.1) is 0 Å². The highest BCUT2D eigenvalue weighted by atomic mass is 16.5. The number of aliphatic hydroxyl groups excluding tert-OH is 1. The molecule has 0 bridgehead atoms. The van der Waals surface area contributed by atoms with Gasteiger partial charge < -0.3 is 20.5 Å². The van der Waals surface area contributed by atoms with Crippen molar-refractivity contribution in [1.82, 2.24) is 0 Å². The molecule has 0 spiro atoms. The second-order valence-electron chi connectivity index (χ2n) is 4.84. The molecule has 2 rings (SSSR count). The van der Waals surface area contributed by atoms with E-state index in [1.807, 2.05) is 18.2 Å². The second-order valence-corrected chi connectivity index (χ2v) is 4.84. The molecule has 3 N–H and O–H groups in total. The number of hydrogen-bond donors (Lipinski definition) is 2. The maximum Gasteiger partial charge on any atom is 0.120 e. The predicted octanol–water partition coefficient (Wildman–Crippen LogP) is 1.36. The van der Waals surface area contributed by atoms with E-state index in [1.54, 1.807) is 7.11 Å². The zero-order chi connectivity index (χ0) is 13.0. The van der Waals surface area contributed by atoms with E-state index in [2.05, 4.69) is 4.90 Å². The van der Waals surface area contributed by atoms with Crippen LogP contribution < -0.4 is 15.4 Å². The summed E-state index contributed by atoms with van der Waals surface area (Å²) in [6, 6.07) is 6.01. The van der Waals surface area contributed by atoms with Crippen LogP contribution in [0.15, 0.2) is 18.2 Å². The monoisotopic (exact) mass is 250 g/mol. The number of hydrogen-bond acceptors (Lipinski definition) is 4. The highest BCUT2D eigenvalue weighted by Crippen LogP contribution is 2.29. The minimum Gasteiger partial charge on any atom is -0.497 e. The second kappa shape index (κ2) is 6.07. The van der Waals surface area contributed by atoms with Crippen molar-refractivity contribution in [3.63, 3.8) is 0 Å². The van der Waals surface area contributed by atoms with Gasteiger partial charge in [0.2, 0.25) is 0 Å². The molecule has 1 unspecified atom stereocenters. The van der Waals surface area contributed by atoms with E-state index in [1.165, 1.54) is 0 Å². The summed E-state index contributed by atoms with van der Waals surface area (Å²) in [6.45, 7) is 2.71. The van der Waals surface area contributed by atoms with Gasteiger partial charge in [-0.2, -0.15) is 0 Å². The Morgan fingerprint density at radius 3 is 3.00 bits per heavy atom. The van der Waals surface area contributed by atoms with Crippen LogP contribution in [0.4, 0.5) is 5.69 Å². The average molecular weight is 250 g/mol. The average Bonchev–Trinajstić information content (AvgIpc) is 2.46. The molecule has 0 amide bonds. The van der Waals surface area contributed by atoms with Crippen molar-refractivity contribution < 1.29 is 9.84 Å². The molecule has 1 aliphatic heterocycles. The van der Waals surface area contributed by atoms with E-state index in [9.17, 15) is 5.11 Å². The fraction of sp³-hybridized carbons (Fsp3) is 0.571. The van der Waals surface area contributed by atoms with Crippen LogP contribution in [0.25, 0.3) is 0 Å². The maximum atomic E-state index is 9.31. The van der Waals surface area contributed by atoms with Crippen molar-refractivity contribution in [2.45, 2.75) is 19.4 Å². The lowest BCUT2D eigenvalue weighted by molar-refractivity contribution is 0.208. The molecular weight excluding hydrogens is 228 g/mol. The lowest BCUT2D eigenvalue weighted by Crippen LogP contribution is -2.37. The smallest absolute Gasteiger partial charge is 0.120 e. The van der Waals surface area contributed by atoms with Gasteiger partial charge in [0.1, 0.15) is 5.75 Å². The summed E-state index contributed by atoms with van der Waals surface area (Å²) in [5.41, 5.74) is 8.08. The van der Waals surface area contributed by atoms with Gasteiger partial charge >= 0.3 is 0 Å². The highest BCUT2D eigenvalue weighted by Gasteiger charge is 2.21. The van der Waals surface area contributed by atoms with Gasteiger partial charge in [0, 0.05) is 38.0 Å². The van der Waals surface area contributed by atoms with E-state index in [-0.39, 0.29) is 6.61 Å². The predicted molar refractivity (Wildman–Crippen MR) is 72.9 cm³/mol. The van der Waals surface area contributed by atoms with Crippen LogP contribution in [0, 0.1) is 5.92 Å². The number of nitrogens with two attached hydrogens (primary N) is 1. The molecule has 1 aromatic carbocycles. The first kappa shape index (κ1) is 13.2. The Kier molecular flexibility index (Phi) is 4.44. The first-order chi connectivity index (χ1) is 8.78. The van der Waals surface area contributed by atoms with Gasteiger partial charge in [-0.05, 0) is 30.4 Å². The minimum atomic E-state index is 0.262. The van der Waals surface area contributed by atoms with Crippen LogP contribution in [0.2, 0.25) is 0 Å². The molecule has 0 radical (unpaired) electrons. The van der Waals surface area contributed by atoms with E-state index in [0.29, 0.717) is 12.5 Å². The summed E-state index contributed by atoms with van der Waals surface area (Å²) in [6.07, 6.45) is 2.22. The van der Waals surface area contributed by atoms with Gasteiger partial charge in [-0.25, -0.2) is 0 Å². The molecule has 1 atom stereocenters. The lowest BCUT2D eigenvalue weighted by atomic mass is 9.97. The number of rotatable bonds is 4. The molecule has 4 heteroatoms. The van der Waals surface area contributed by atoms with Crippen molar-refractivity contribution in [3.8, 4) is 5.75 Å². The molecule has 1 heterocycles. The zero-order valence-electron chi connectivity index (χ0n) is 10.9. The minimum absolute atomic E-state index is 0.262. The summed E-state index contributed by atoms with van der Waals surface area (Å²) < 4.78 is 5.28. The van der Waals surface area contributed by atoms with Crippen molar-refractivity contribution in [1.29, 1.82) is 0 Å². The zero-order valence-corrected chi connectivity index (χ0v) is 10.9. The normalized spacial score (nSPS) is 19.9. The van der Waals surface area contributed by atoms with Gasteiger partial charge in [0.25, 0.3) is 0 Å². The first-order valence-corrected chi connectivity index (χ1v) is 6.51. The lowest BCUT2D eigenvalue weighted by Gasteiger charge is -2.35. The third kappa shape index (κ3) is 2.76. The van der Waals surface area contributed by atoms with E-state index < -0.39 is 0 Å². The third-order valence-corrected chi connectivity index (χ3v) is 3.63. The molecule has 0 saturated carbocycles. The molecule has 100 valence electrons. The maximum absolute atomic E-state index is 9.31. The van der Waals surface area contributed by atoms with E-state index in [4.69, 9.17) is 10.5 Å². The third-order valence-electron chi connectivity index (χ3n) is 3.63. The van der Waals surface area contributed by atoms with Crippen LogP contribution in [0.5, 0.6) is 5.75 Å². The largest absolute Gasteiger partial charge is 0.497 e. The molecule has 1 aliphatic rings. The fourth-order valence-corrected chi connectivity index (χ4v) is 2.57. The summed E-state index contributed by atoms with van der Waals surface area (Å²) >= 11 is 0. The molecule has 18 heavy (non-hydrogen) atoms. The summed E-state index contributed by atoms with van der Waals surface area (Å²) in [4.78, 5) is 2.31. The Labute approximate surface area is 108 Å². The number of methoxy groups -OCH3 is 1. The highest BCUT2D eigenvalue weighted by molar-refractivity contribution is 5.57. The van der Waals surface area contributed by atoms with Crippen LogP contribution in [0.1, 0.15) is 18.4 Å². The Bertz CT molecular complexity index is 395. The van der Waals surface area contributed by atoms with Crippen LogP contribution >= 0.6 is 0 Å². The number of piperidine rings is 1. The van der Waals surface area contributed by atoms with E-state index in [0.717, 1.165) is 42.9 Å². The van der Waals surface area contributed by atoms with Crippen molar-refractivity contribution in [3.05, 3.63) is 23.8 Å². The van der Waals surface area contributed by atoms with Crippen LogP contribution in [-0.4, -0.2) is 31.9 Å². The van der Waals surface area contributed by atoms with E-state index >= 15 is 0 Å². The van der Waals surface area contributed by atoms with Gasteiger partial charge in [-0.1, -0.05) is 6.07 Å². The summed E-state index contributed by atoms with van der Waals surface area (Å²) in [5.74, 6) is 1.23. The number of aliphatic hydroxyl groups is 1. The number of ether oxygens (including phenoxy) is 1. The SMILES string of the molecule is COc1ccc(CN)c(N2CCCC(CO)C2)c1. The number of anilines is 1. The molecule has 1 saturated heterocycles. The Balaban J connectivity index is 2.24. The number of nitrogens with zero attached hydrogens (tertiary/aromatic N) is 1. The topological polar surface area (TPSA) is 58.7 Å². The van der Waals surface area contributed by atoms with Crippen LogP contribution in [0.3, 0.4) is 0 Å². The Morgan fingerprint density at radius 2 is 2.33 bits per heavy atom. The molecule has 1 aromatic rings. The van der Waals surface area contributed by atoms with Crippen LogP contribution in [-0.2, 0) is 6.54 Å². The van der Waals surface area contributed by atoms with Crippen molar-refractivity contribution in [2.75, 3.05) is 31.7 Å². The molecule has 0 aromatic heterocycles. The molecule has 1 fully saturated rings. The summed E-state index contributed by atoms with van der Waals surface area (Å²) in [5, 5.41) is 9.31. The van der Waals surface area contributed by atoms with Gasteiger partial charge in [-0.3, -0.25) is 0 Å². The molecule has 0 aliphatic carbocycles. The fourth-order valence-electron chi connectivity index (χ4n) is 2.57. The molecule has 4 nitrogen and oxygen atoms in total.